The third-order valence-corrected chi connectivity index (χ3v) is 5.55. The van der Waals surface area contributed by atoms with Crippen molar-refractivity contribution < 1.29 is 9.90 Å². The monoisotopic (exact) mass is 313 g/mol. The molecule has 3 rings (SSSR count). The summed E-state index contributed by atoms with van der Waals surface area (Å²) in [6.07, 6.45) is 0.926. The van der Waals surface area contributed by atoms with Crippen LogP contribution < -0.4 is 0 Å². The molecule has 0 spiro atoms. The van der Waals surface area contributed by atoms with Gasteiger partial charge in [-0.15, -0.1) is 22.7 Å². The van der Waals surface area contributed by atoms with E-state index < -0.39 is 12.0 Å². The molecule has 0 saturated heterocycles. The van der Waals surface area contributed by atoms with Crippen LogP contribution in [-0.2, 0) is 17.8 Å². The van der Waals surface area contributed by atoms with Crippen LogP contribution >= 0.6 is 34.3 Å². The van der Waals surface area contributed by atoms with Crippen LogP contribution in [-0.4, -0.2) is 22.5 Å². The van der Waals surface area contributed by atoms with Crippen molar-refractivity contribution in [2.75, 3.05) is 6.54 Å². The van der Waals surface area contributed by atoms with Gasteiger partial charge in [-0.3, -0.25) is 9.69 Å². The zero-order valence-corrected chi connectivity index (χ0v) is 12.4. The van der Waals surface area contributed by atoms with Crippen LogP contribution in [0.15, 0.2) is 22.9 Å². The van der Waals surface area contributed by atoms with Crippen molar-refractivity contribution in [3.63, 3.8) is 0 Å². The highest BCUT2D eigenvalue weighted by molar-refractivity contribution is 7.10. The summed E-state index contributed by atoms with van der Waals surface area (Å²) in [4.78, 5) is 15.9. The summed E-state index contributed by atoms with van der Waals surface area (Å²) < 4.78 is 0. The molecule has 0 amide bonds. The lowest BCUT2D eigenvalue weighted by atomic mass is 10.00. The maximum absolute atomic E-state index is 11.6. The number of fused-ring (bicyclic) bond motifs is 1. The van der Waals surface area contributed by atoms with Crippen molar-refractivity contribution in [1.82, 2.24) is 4.90 Å². The van der Waals surface area contributed by atoms with Gasteiger partial charge in [0.05, 0.1) is 5.02 Å². The third kappa shape index (κ3) is 2.56. The Kier molecular flexibility index (Phi) is 3.62. The Balaban J connectivity index is 1.87. The number of carbonyl (C=O) groups is 1. The molecule has 2 aromatic rings. The largest absolute Gasteiger partial charge is 0.480 e. The van der Waals surface area contributed by atoms with Gasteiger partial charge in [-0.2, -0.15) is 0 Å². The summed E-state index contributed by atoms with van der Waals surface area (Å²) in [5, 5.41) is 14.1. The molecule has 0 fully saturated rings. The predicted octanol–water partition coefficient (Wildman–Crippen LogP) is 3.65. The van der Waals surface area contributed by atoms with Crippen LogP contribution in [0.3, 0.4) is 0 Å². The summed E-state index contributed by atoms with van der Waals surface area (Å²) in [5.74, 6) is -0.776. The fraction of sp³-hybridized carbons (Fsp3) is 0.308. The second kappa shape index (κ2) is 5.25. The van der Waals surface area contributed by atoms with Gasteiger partial charge in [-0.1, -0.05) is 11.6 Å². The van der Waals surface area contributed by atoms with E-state index >= 15 is 0 Å². The zero-order valence-electron chi connectivity index (χ0n) is 10.0. The fourth-order valence-corrected chi connectivity index (χ4v) is 4.47. The number of rotatable bonds is 3. The summed E-state index contributed by atoms with van der Waals surface area (Å²) in [7, 11) is 0. The lowest BCUT2D eigenvalue weighted by Crippen LogP contribution is -2.38. The lowest BCUT2D eigenvalue weighted by molar-refractivity contribution is -0.144. The first kappa shape index (κ1) is 13.1. The average Bonchev–Trinajstić information content (AvgIpc) is 2.97. The summed E-state index contributed by atoms with van der Waals surface area (Å²) in [5.41, 5.74) is 0.950. The molecule has 6 heteroatoms. The third-order valence-electron chi connectivity index (χ3n) is 3.28. The number of carboxylic acids is 1. The Bertz CT molecular complexity index is 607. The molecule has 3 heterocycles. The smallest absolute Gasteiger partial charge is 0.325 e. The standard InChI is InChI=1S/C13H12ClNO2S2/c14-8-5-9(19-7-8)6-15-3-1-11-10(2-4-18-11)12(15)13(16)17/h2,4-5,7,12H,1,3,6H2,(H,16,17). The Labute approximate surface area is 124 Å². The highest BCUT2D eigenvalue weighted by Crippen LogP contribution is 2.35. The van der Waals surface area contributed by atoms with Gasteiger partial charge >= 0.3 is 5.97 Å². The lowest BCUT2D eigenvalue weighted by Gasteiger charge is -2.32. The van der Waals surface area contributed by atoms with E-state index in [4.69, 9.17) is 11.6 Å². The van der Waals surface area contributed by atoms with E-state index in [0.29, 0.717) is 6.54 Å². The first-order valence-corrected chi connectivity index (χ1v) is 8.05. The minimum Gasteiger partial charge on any atom is -0.480 e. The molecule has 1 atom stereocenters. The molecule has 100 valence electrons. The number of nitrogens with zero attached hydrogens (tertiary/aromatic N) is 1. The van der Waals surface area contributed by atoms with Gasteiger partial charge in [-0.05, 0) is 29.5 Å². The van der Waals surface area contributed by atoms with Crippen molar-refractivity contribution >= 4 is 40.2 Å². The number of carboxylic acid groups (broad SMARTS) is 1. The zero-order chi connectivity index (χ0) is 13.4. The second-order valence-electron chi connectivity index (χ2n) is 4.49. The Morgan fingerprint density at radius 2 is 2.37 bits per heavy atom. The molecule has 1 N–H and O–H groups in total. The van der Waals surface area contributed by atoms with E-state index in [0.717, 1.165) is 28.4 Å². The normalized spacial score (nSPS) is 19.3. The van der Waals surface area contributed by atoms with E-state index in [9.17, 15) is 9.90 Å². The van der Waals surface area contributed by atoms with Crippen LogP contribution in [0.4, 0.5) is 0 Å². The molecule has 3 nitrogen and oxygen atoms in total. The molecule has 0 saturated carbocycles. The summed E-state index contributed by atoms with van der Waals surface area (Å²) >= 11 is 9.14. The van der Waals surface area contributed by atoms with E-state index in [2.05, 4.69) is 0 Å². The Morgan fingerprint density at radius 1 is 1.53 bits per heavy atom. The van der Waals surface area contributed by atoms with E-state index in [1.807, 2.05) is 27.8 Å². The van der Waals surface area contributed by atoms with Gasteiger partial charge in [-0.25, -0.2) is 0 Å². The summed E-state index contributed by atoms with van der Waals surface area (Å²) in [6.45, 7) is 1.42. The van der Waals surface area contributed by atoms with Gasteiger partial charge in [0, 0.05) is 28.2 Å². The van der Waals surface area contributed by atoms with Crippen LogP contribution in [0.25, 0.3) is 0 Å². The molecule has 0 radical (unpaired) electrons. The molecule has 1 aliphatic rings. The van der Waals surface area contributed by atoms with Crippen molar-refractivity contribution in [2.45, 2.75) is 19.0 Å². The number of hydrogen-bond acceptors (Lipinski definition) is 4. The van der Waals surface area contributed by atoms with E-state index in [-0.39, 0.29) is 0 Å². The molecule has 2 aromatic heterocycles. The van der Waals surface area contributed by atoms with Crippen molar-refractivity contribution in [2.24, 2.45) is 0 Å². The van der Waals surface area contributed by atoms with E-state index in [1.54, 1.807) is 22.7 Å². The molecule has 19 heavy (non-hydrogen) atoms. The summed E-state index contributed by atoms with van der Waals surface area (Å²) in [6, 6.07) is 3.32. The molecule has 0 aliphatic carbocycles. The van der Waals surface area contributed by atoms with Crippen LogP contribution in [0.2, 0.25) is 5.02 Å². The maximum atomic E-state index is 11.6. The van der Waals surface area contributed by atoms with Gasteiger partial charge in [0.15, 0.2) is 0 Å². The van der Waals surface area contributed by atoms with Gasteiger partial charge in [0.1, 0.15) is 6.04 Å². The Hall–Kier alpha value is -0.880. The molecule has 1 aliphatic heterocycles. The first-order chi connectivity index (χ1) is 9.15. The Morgan fingerprint density at radius 3 is 3.05 bits per heavy atom. The molecule has 0 bridgehead atoms. The molecule has 0 aromatic carbocycles. The van der Waals surface area contributed by atoms with Gasteiger partial charge in [0.2, 0.25) is 0 Å². The topological polar surface area (TPSA) is 40.5 Å². The van der Waals surface area contributed by atoms with Crippen molar-refractivity contribution in [3.05, 3.63) is 43.2 Å². The SMILES string of the molecule is O=C(O)C1c2ccsc2CCN1Cc1cc(Cl)cs1. The predicted molar refractivity (Wildman–Crippen MR) is 78.1 cm³/mol. The number of aliphatic carboxylic acids is 1. The molecular formula is C13H12ClNO2S2. The second-order valence-corrected chi connectivity index (χ2v) is 6.92. The number of halogens is 1. The van der Waals surface area contributed by atoms with Crippen molar-refractivity contribution in [3.8, 4) is 0 Å². The van der Waals surface area contributed by atoms with Crippen LogP contribution in [0, 0.1) is 0 Å². The average molecular weight is 314 g/mol. The number of thiophene rings is 2. The number of hydrogen-bond donors (Lipinski definition) is 1. The van der Waals surface area contributed by atoms with E-state index in [1.165, 1.54) is 4.88 Å². The minimum absolute atomic E-state index is 0.532. The van der Waals surface area contributed by atoms with Gasteiger partial charge < -0.3 is 5.11 Å². The highest BCUT2D eigenvalue weighted by atomic mass is 35.5. The van der Waals surface area contributed by atoms with Crippen molar-refractivity contribution in [1.29, 1.82) is 0 Å². The van der Waals surface area contributed by atoms with Crippen LogP contribution in [0.5, 0.6) is 0 Å². The maximum Gasteiger partial charge on any atom is 0.325 e. The highest BCUT2D eigenvalue weighted by Gasteiger charge is 2.33. The van der Waals surface area contributed by atoms with Crippen LogP contribution in [0.1, 0.15) is 21.4 Å². The first-order valence-electron chi connectivity index (χ1n) is 5.91. The molecular weight excluding hydrogens is 302 g/mol. The molecule has 1 unspecified atom stereocenters. The quantitative estimate of drug-likeness (QED) is 0.940. The fourth-order valence-electron chi connectivity index (χ4n) is 2.46. The minimum atomic E-state index is -0.776. The van der Waals surface area contributed by atoms with Gasteiger partial charge in [0.25, 0.3) is 0 Å².